The summed E-state index contributed by atoms with van der Waals surface area (Å²) in [5, 5.41) is 0. The summed E-state index contributed by atoms with van der Waals surface area (Å²) in [5.41, 5.74) is 2.98. The van der Waals surface area contributed by atoms with Gasteiger partial charge in [0.2, 0.25) is 0 Å². The van der Waals surface area contributed by atoms with Gasteiger partial charge >= 0.3 is 7.82 Å². The van der Waals surface area contributed by atoms with Gasteiger partial charge in [0.05, 0.1) is 0 Å². The Balaban J connectivity index is 4.39. The van der Waals surface area contributed by atoms with Crippen LogP contribution in [0.5, 0.6) is 0 Å². The van der Waals surface area contributed by atoms with E-state index in [0.29, 0.717) is 0 Å². The van der Waals surface area contributed by atoms with Crippen molar-refractivity contribution in [2.75, 3.05) is 0 Å². The minimum Gasteiger partial charge on any atom is -0.393 e. The molecule has 0 rings (SSSR count). The van der Waals surface area contributed by atoms with Gasteiger partial charge in [0.15, 0.2) is 0 Å². The minimum absolute atomic E-state index is 0.937. The van der Waals surface area contributed by atoms with Crippen molar-refractivity contribution in [3.8, 4) is 0 Å². The zero-order valence-corrected chi connectivity index (χ0v) is 9.84. The SMILES string of the molecule is O=P(OC=CCl)(OC=CCl)OC=CCl. The van der Waals surface area contributed by atoms with Gasteiger partial charge in [-0.05, 0) is 0 Å². The highest BCUT2D eigenvalue weighted by atomic mass is 35.5. The predicted octanol–water partition coefficient (Wildman–Crippen LogP) is 4.27. The first-order valence-electron chi connectivity index (χ1n) is 3.09. The molecule has 0 fully saturated rings. The van der Waals surface area contributed by atoms with Crippen molar-refractivity contribution in [1.82, 2.24) is 0 Å². The maximum atomic E-state index is 11.5. The molecule has 0 saturated heterocycles. The molecular formula is C6H6Cl3O4P. The molecule has 0 aromatic heterocycles. The monoisotopic (exact) mass is 278 g/mol. The first kappa shape index (κ1) is 13.7. The molecule has 4 nitrogen and oxygen atoms in total. The second-order valence-electron chi connectivity index (χ2n) is 1.55. The molecule has 0 spiro atoms. The zero-order valence-electron chi connectivity index (χ0n) is 6.68. The third kappa shape index (κ3) is 6.22. The standard InChI is InChI=1S/C6H6Cl3O4P/c7-1-4-11-14(10,12-5-2-8)13-6-3-9/h1-6H. The quantitative estimate of drug-likeness (QED) is 0.538. The van der Waals surface area contributed by atoms with Gasteiger partial charge in [0.25, 0.3) is 0 Å². The maximum absolute atomic E-state index is 11.5. The number of halogens is 3. The van der Waals surface area contributed by atoms with Crippen molar-refractivity contribution in [1.29, 1.82) is 0 Å². The van der Waals surface area contributed by atoms with Gasteiger partial charge in [-0.1, -0.05) is 34.8 Å². The molecule has 0 N–H and O–H groups in total. The van der Waals surface area contributed by atoms with Crippen molar-refractivity contribution in [3.63, 3.8) is 0 Å². The number of phosphoric acid groups is 1. The second-order valence-corrected chi connectivity index (χ2v) is 3.83. The molecule has 0 atom stereocenters. The molecule has 0 aliphatic rings. The topological polar surface area (TPSA) is 44.8 Å². The lowest BCUT2D eigenvalue weighted by Gasteiger charge is -2.11. The predicted molar refractivity (Wildman–Crippen MR) is 55.8 cm³/mol. The number of rotatable bonds is 6. The van der Waals surface area contributed by atoms with Gasteiger partial charge < -0.3 is 13.6 Å². The minimum atomic E-state index is -3.78. The number of hydrogen-bond acceptors (Lipinski definition) is 4. The van der Waals surface area contributed by atoms with E-state index in [0.717, 1.165) is 35.4 Å². The van der Waals surface area contributed by atoms with Gasteiger partial charge in [0.1, 0.15) is 18.8 Å². The highest BCUT2D eigenvalue weighted by molar-refractivity contribution is 7.48. The Morgan fingerprint density at radius 2 is 1.07 bits per heavy atom. The molecule has 0 saturated carbocycles. The molecule has 0 heterocycles. The smallest absolute Gasteiger partial charge is 0.393 e. The number of hydrogen-bond donors (Lipinski definition) is 0. The third-order valence-electron chi connectivity index (χ3n) is 0.724. The molecule has 0 aromatic rings. The van der Waals surface area contributed by atoms with Crippen molar-refractivity contribution in [2.45, 2.75) is 0 Å². The third-order valence-corrected chi connectivity index (χ3v) is 2.17. The average molecular weight is 279 g/mol. The van der Waals surface area contributed by atoms with Gasteiger partial charge in [0, 0.05) is 16.6 Å². The lowest BCUT2D eigenvalue weighted by molar-refractivity contribution is 0.231. The molecule has 0 radical (unpaired) electrons. The summed E-state index contributed by atoms with van der Waals surface area (Å²) < 4.78 is 25.2. The lowest BCUT2D eigenvalue weighted by atomic mass is 11.2. The average Bonchev–Trinajstić information content (AvgIpc) is 2.21. The summed E-state index contributed by atoms with van der Waals surface area (Å²) in [7, 11) is -3.78. The molecular weight excluding hydrogens is 273 g/mol. The maximum Gasteiger partial charge on any atom is 0.645 e. The van der Waals surface area contributed by atoms with Crippen molar-refractivity contribution in [2.24, 2.45) is 0 Å². The Bertz CT molecular complexity index is 233. The van der Waals surface area contributed by atoms with Crippen LogP contribution in [0, 0.1) is 0 Å². The Morgan fingerprint density at radius 3 is 1.29 bits per heavy atom. The van der Waals surface area contributed by atoms with E-state index in [1.807, 2.05) is 0 Å². The van der Waals surface area contributed by atoms with E-state index in [-0.39, 0.29) is 0 Å². The fourth-order valence-corrected chi connectivity index (χ4v) is 1.52. The van der Waals surface area contributed by atoms with Crippen LogP contribution in [0.1, 0.15) is 0 Å². The zero-order chi connectivity index (χ0) is 10.9. The van der Waals surface area contributed by atoms with E-state index >= 15 is 0 Å². The molecule has 0 unspecified atom stereocenters. The van der Waals surface area contributed by atoms with Gasteiger partial charge in [-0.2, -0.15) is 4.57 Å². The molecule has 0 amide bonds. The normalized spacial score (nSPS) is 16.2. The van der Waals surface area contributed by atoms with Crippen LogP contribution in [-0.4, -0.2) is 0 Å². The molecule has 0 bridgehead atoms. The first-order valence-corrected chi connectivity index (χ1v) is 5.86. The summed E-state index contributed by atoms with van der Waals surface area (Å²) in [5.74, 6) is 0. The fourth-order valence-electron chi connectivity index (χ4n) is 0.367. The van der Waals surface area contributed by atoms with E-state index in [1.54, 1.807) is 0 Å². The molecule has 80 valence electrons. The van der Waals surface area contributed by atoms with Crippen LogP contribution in [0.15, 0.2) is 35.4 Å². The molecule has 14 heavy (non-hydrogen) atoms. The Kier molecular flexibility index (Phi) is 7.90. The van der Waals surface area contributed by atoms with Crippen LogP contribution in [0.4, 0.5) is 0 Å². The second kappa shape index (κ2) is 8.06. The van der Waals surface area contributed by atoms with E-state index in [9.17, 15) is 4.57 Å². The molecule has 8 heteroatoms. The van der Waals surface area contributed by atoms with Crippen molar-refractivity contribution in [3.05, 3.63) is 35.4 Å². The van der Waals surface area contributed by atoms with Gasteiger partial charge in [-0.25, -0.2) is 0 Å². The van der Waals surface area contributed by atoms with Gasteiger partial charge in [-0.3, -0.25) is 0 Å². The summed E-state index contributed by atoms with van der Waals surface area (Å²) in [6.45, 7) is 0. The van der Waals surface area contributed by atoms with Crippen LogP contribution >= 0.6 is 42.6 Å². The Hall–Kier alpha value is -0.280. The van der Waals surface area contributed by atoms with Crippen LogP contribution in [0.25, 0.3) is 0 Å². The molecule has 0 aromatic carbocycles. The summed E-state index contributed by atoms with van der Waals surface area (Å²) >= 11 is 15.4. The first-order chi connectivity index (χ1) is 6.68. The van der Waals surface area contributed by atoms with E-state index < -0.39 is 7.82 Å². The Labute approximate surface area is 96.3 Å². The van der Waals surface area contributed by atoms with Crippen molar-refractivity contribution < 1.29 is 18.1 Å². The molecule has 0 aliphatic heterocycles. The lowest BCUT2D eigenvalue weighted by Crippen LogP contribution is -1.87. The van der Waals surface area contributed by atoms with Crippen LogP contribution in [0.2, 0.25) is 0 Å². The summed E-state index contributed by atoms with van der Waals surface area (Å²) in [6.07, 6.45) is 2.81. The van der Waals surface area contributed by atoms with Crippen LogP contribution in [-0.2, 0) is 18.1 Å². The Morgan fingerprint density at radius 1 is 0.786 bits per heavy atom. The summed E-state index contributed by atoms with van der Waals surface area (Å²) in [6, 6.07) is 0. The molecule has 0 aliphatic carbocycles. The van der Waals surface area contributed by atoms with E-state index in [1.165, 1.54) is 0 Å². The summed E-state index contributed by atoms with van der Waals surface area (Å²) in [4.78, 5) is 0. The van der Waals surface area contributed by atoms with E-state index in [4.69, 9.17) is 34.8 Å². The van der Waals surface area contributed by atoms with E-state index in [2.05, 4.69) is 13.6 Å². The highest BCUT2D eigenvalue weighted by Crippen LogP contribution is 2.50. The number of phosphoric ester groups is 1. The van der Waals surface area contributed by atoms with Gasteiger partial charge in [-0.15, -0.1) is 0 Å². The highest BCUT2D eigenvalue weighted by Gasteiger charge is 2.27. The van der Waals surface area contributed by atoms with Crippen LogP contribution < -0.4 is 0 Å². The van der Waals surface area contributed by atoms with Crippen molar-refractivity contribution >= 4 is 42.6 Å². The van der Waals surface area contributed by atoms with Crippen LogP contribution in [0.3, 0.4) is 0 Å². The fraction of sp³-hybridized carbons (Fsp3) is 0. The largest absolute Gasteiger partial charge is 0.645 e.